The summed E-state index contributed by atoms with van der Waals surface area (Å²) in [7, 11) is 0. The van der Waals surface area contributed by atoms with Crippen molar-refractivity contribution in [3.63, 3.8) is 0 Å². The van der Waals surface area contributed by atoms with Gasteiger partial charge in [0, 0.05) is 18.4 Å². The Morgan fingerprint density at radius 3 is 2.71 bits per heavy atom. The smallest absolute Gasteiger partial charge is 0.135 e. The van der Waals surface area contributed by atoms with Crippen molar-refractivity contribution in [3.8, 4) is 5.75 Å². The molecule has 0 unspecified atom stereocenters. The van der Waals surface area contributed by atoms with E-state index in [1.54, 1.807) is 19.1 Å². The second kappa shape index (κ2) is 6.37. The SMILES string of the molecule is C[C@H](O)CC(=O)CCc1ccc(O)c(CO)c1. The lowest BCUT2D eigenvalue weighted by Gasteiger charge is -2.06. The van der Waals surface area contributed by atoms with Crippen LogP contribution in [0.4, 0.5) is 0 Å². The largest absolute Gasteiger partial charge is 0.508 e. The number of aliphatic hydroxyl groups excluding tert-OH is 2. The van der Waals surface area contributed by atoms with Crippen molar-refractivity contribution in [1.29, 1.82) is 0 Å². The van der Waals surface area contributed by atoms with Crippen LogP contribution in [0.15, 0.2) is 18.2 Å². The van der Waals surface area contributed by atoms with E-state index in [1.165, 1.54) is 6.07 Å². The number of carbonyl (C=O) groups excluding carboxylic acids is 1. The molecule has 1 aromatic rings. The third-order valence-electron chi connectivity index (χ3n) is 2.53. The normalized spacial score (nSPS) is 12.4. The molecule has 0 radical (unpaired) electrons. The first-order valence-corrected chi connectivity index (χ1v) is 5.64. The summed E-state index contributed by atoms with van der Waals surface area (Å²) >= 11 is 0. The molecule has 0 saturated heterocycles. The van der Waals surface area contributed by atoms with Gasteiger partial charge in [-0.05, 0) is 31.0 Å². The Hall–Kier alpha value is -1.39. The van der Waals surface area contributed by atoms with E-state index in [1.807, 2.05) is 0 Å². The molecule has 0 bridgehead atoms. The summed E-state index contributed by atoms with van der Waals surface area (Å²) in [6, 6.07) is 4.93. The van der Waals surface area contributed by atoms with E-state index >= 15 is 0 Å². The molecule has 1 aromatic carbocycles. The fraction of sp³-hybridized carbons (Fsp3) is 0.462. The van der Waals surface area contributed by atoms with E-state index in [2.05, 4.69) is 0 Å². The van der Waals surface area contributed by atoms with Gasteiger partial charge in [0.25, 0.3) is 0 Å². The molecule has 1 atom stereocenters. The number of hydrogen-bond donors (Lipinski definition) is 3. The summed E-state index contributed by atoms with van der Waals surface area (Å²) in [6.45, 7) is 1.36. The molecule has 4 heteroatoms. The van der Waals surface area contributed by atoms with Gasteiger partial charge < -0.3 is 15.3 Å². The first kappa shape index (κ1) is 13.7. The average molecular weight is 238 g/mol. The summed E-state index contributed by atoms with van der Waals surface area (Å²) in [4.78, 5) is 11.4. The third-order valence-corrected chi connectivity index (χ3v) is 2.53. The maximum Gasteiger partial charge on any atom is 0.135 e. The fourth-order valence-electron chi connectivity index (χ4n) is 1.64. The van der Waals surface area contributed by atoms with E-state index in [4.69, 9.17) is 10.2 Å². The van der Waals surface area contributed by atoms with Crippen molar-refractivity contribution < 1.29 is 20.1 Å². The van der Waals surface area contributed by atoms with Gasteiger partial charge in [0.2, 0.25) is 0 Å². The van der Waals surface area contributed by atoms with Gasteiger partial charge in [-0.2, -0.15) is 0 Å². The number of carbonyl (C=O) groups is 1. The lowest BCUT2D eigenvalue weighted by molar-refractivity contribution is -0.120. The van der Waals surface area contributed by atoms with Crippen molar-refractivity contribution in [1.82, 2.24) is 0 Å². The summed E-state index contributed by atoms with van der Waals surface area (Å²) in [5.41, 5.74) is 1.36. The predicted molar refractivity (Wildman–Crippen MR) is 63.7 cm³/mol. The van der Waals surface area contributed by atoms with Gasteiger partial charge in [-0.25, -0.2) is 0 Å². The molecule has 17 heavy (non-hydrogen) atoms. The molecule has 0 amide bonds. The van der Waals surface area contributed by atoms with Crippen molar-refractivity contribution in [2.75, 3.05) is 0 Å². The molecular formula is C13H18O4. The van der Waals surface area contributed by atoms with Crippen molar-refractivity contribution in [2.24, 2.45) is 0 Å². The Morgan fingerprint density at radius 2 is 2.12 bits per heavy atom. The number of aryl methyl sites for hydroxylation is 1. The zero-order valence-electron chi connectivity index (χ0n) is 9.89. The van der Waals surface area contributed by atoms with E-state index < -0.39 is 6.10 Å². The van der Waals surface area contributed by atoms with Gasteiger partial charge >= 0.3 is 0 Å². The number of aromatic hydroxyl groups is 1. The molecular weight excluding hydrogens is 220 g/mol. The second-order valence-corrected chi connectivity index (χ2v) is 4.21. The number of benzene rings is 1. The Bertz CT molecular complexity index is 385. The molecule has 0 aliphatic heterocycles. The minimum absolute atomic E-state index is 0.0126. The summed E-state index contributed by atoms with van der Waals surface area (Å²) in [5, 5.41) is 27.4. The van der Waals surface area contributed by atoms with Crippen LogP contribution < -0.4 is 0 Å². The minimum atomic E-state index is -0.602. The van der Waals surface area contributed by atoms with Crippen molar-refractivity contribution >= 4 is 5.78 Å². The quantitative estimate of drug-likeness (QED) is 0.695. The first-order valence-electron chi connectivity index (χ1n) is 5.64. The van der Waals surface area contributed by atoms with Gasteiger partial charge in [0.05, 0.1) is 12.7 Å². The Labute approximate surface area is 101 Å². The van der Waals surface area contributed by atoms with Gasteiger partial charge in [0.15, 0.2) is 0 Å². The Morgan fingerprint density at radius 1 is 1.41 bits per heavy atom. The maximum atomic E-state index is 11.4. The molecule has 0 aliphatic rings. The van der Waals surface area contributed by atoms with E-state index in [0.717, 1.165) is 5.56 Å². The first-order chi connectivity index (χ1) is 8.02. The molecule has 0 fully saturated rings. The van der Waals surface area contributed by atoms with Gasteiger partial charge in [-0.15, -0.1) is 0 Å². The highest BCUT2D eigenvalue weighted by atomic mass is 16.3. The zero-order valence-corrected chi connectivity index (χ0v) is 9.89. The number of phenols is 1. The molecule has 0 heterocycles. The minimum Gasteiger partial charge on any atom is -0.508 e. The van der Waals surface area contributed by atoms with Gasteiger partial charge in [-0.1, -0.05) is 6.07 Å². The molecule has 4 nitrogen and oxygen atoms in total. The zero-order chi connectivity index (χ0) is 12.8. The van der Waals surface area contributed by atoms with Crippen LogP contribution >= 0.6 is 0 Å². The average Bonchev–Trinajstić information content (AvgIpc) is 2.27. The Kier molecular flexibility index (Phi) is 5.12. The molecule has 0 spiro atoms. The van der Waals surface area contributed by atoms with Crippen LogP contribution in [0.5, 0.6) is 5.75 Å². The third kappa shape index (κ3) is 4.54. The second-order valence-electron chi connectivity index (χ2n) is 4.21. The highest BCUT2D eigenvalue weighted by Crippen LogP contribution is 2.19. The monoisotopic (exact) mass is 238 g/mol. The van der Waals surface area contributed by atoms with Crippen LogP contribution in [-0.4, -0.2) is 27.2 Å². The standard InChI is InChI=1S/C13H18O4/c1-9(15)6-12(16)4-2-10-3-5-13(17)11(7-10)8-14/h3,5,7,9,14-15,17H,2,4,6,8H2,1H3/t9-/m0/s1. The lowest BCUT2D eigenvalue weighted by atomic mass is 10.0. The lowest BCUT2D eigenvalue weighted by Crippen LogP contribution is -2.09. The molecule has 0 saturated carbocycles. The van der Waals surface area contributed by atoms with Crippen LogP contribution in [0.1, 0.15) is 30.9 Å². The number of hydrogen-bond acceptors (Lipinski definition) is 4. The number of aliphatic hydroxyl groups is 2. The van der Waals surface area contributed by atoms with Crippen molar-refractivity contribution in [2.45, 2.75) is 38.9 Å². The van der Waals surface area contributed by atoms with Crippen LogP contribution in [0.25, 0.3) is 0 Å². The molecule has 0 aliphatic carbocycles. The van der Waals surface area contributed by atoms with E-state index in [-0.39, 0.29) is 24.6 Å². The number of Topliss-reactive ketones (excluding diaryl/α,β-unsaturated/α-hetero) is 1. The van der Waals surface area contributed by atoms with Crippen LogP contribution in [0.2, 0.25) is 0 Å². The van der Waals surface area contributed by atoms with E-state index in [9.17, 15) is 9.90 Å². The Balaban J connectivity index is 2.55. The van der Waals surface area contributed by atoms with Crippen LogP contribution in [0.3, 0.4) is 0 Å². The van der Waals surface area contributed by atoms with Gasteiger partial charge in [0.1, 0.15) is 11.5 Å². The highest BCUT2D eigenvalue weighted by Gasteiger charge is 2.07. The summed E-state index contributed by atoms with van der Waals surface area (Å²) in [6.07, 6.45) is 0.486. The number of rotatable bonds is 6. The van der Waals surface area contributed by atoms with E-state index in [0.29, 0.717) is 18.4 Å². The van der Waals surface area contributed by atoms with Crippen LogP contribution in [-0.2, 0) is 17.8 Å². The van der Waals surface area contributed by atoms with Crippen LogP contribution in [0, 0.1) is 0 Å². The topological polar surface area (TPSA) is 77.8 Å². The summed E-state index contributed by atoms with van der Waals surface area (Å²) < 4.78 is 0. The predicted octanol–water partition coefficient (Wildman–Crippen LogP) is 1.16. The number of ketones is 1. The highest BCUT2D eigenvalue weighted by molar-refractivity contribution is 5.79. The van der Waals surface area contributed by atoms with Gasteiger partial charge in [-0.3, -0.25) is 4.79 Å². The molecule has 1 rings (SSSR count). The molecule has 0 aromatic heterocycles. The summed E-state index contributed by atoms with van der Waals surface area (Å²) in [5.74, 6) is 0.0742. The molecule has 94 valence electrons. The van der Waals surface area contributed by atoms with Crippen molar-refractivity contribution in [3.05, 3.63) is 29.3 Å². The maximum absolute atomic E-state index is 11.4. The molecule has 3 N–H and O–H groups in total. The fourth-order valence-corrected chi connectivity index (χ4v) is 1.64.